The van der Waals surface area contributed by atoms with Gasteiger partial charge in [0.05, 0.1) is 5.69 Å². The van der Waals surface area contributed by atoms with Crippen LogP contribution < -0.4 is 5.32 Å². The molecule has 13 heavy (non-hydrogen) atoms. The largest absolute Gasteiger partial charge is 0.312 e. The van der Waals surface area contributed by atoms with Gasteiger partial charge in [-0.1, -0.05) is 11.6 Å². The van der Waals surface area contributed by atoms with Crippen LogP contribution in [0.1, 0.15) is 23.5 Å². The summed E-state index contributed by atoms with van der Waals surface area (Å²) in [6.07, 6.45) is 2.13. The van der Waals surface area contributed by atoms with Gasteiger partial charge >= 0.3 is 0 Å². The van der Waals surface area contributed by atoms with Crippen LogP contribution in [0.15, 0.2) is 0 Å². The number of aryl methyl sites for hydroxylation is 2. The maximum absolute atomic E-state index is 6.03. The predicted molar refractivity (Wildman–Crippen MR) is 51.8 cm³/mol. The van der Waals surface area contributed by atoms with E-state index in [9.17, 15) is 0 Å². The average Bonchev–Trinajstić information content (AvgIpc) is 2.28. The lowest BCUT2D eigenvalue weighted by molar-refractivity contribution is 0.680. The minimum absolute atomic E-state index is 0.608. The van der Waals surface area contributed by atoms with Crippen LogP contribution in [-0.2, 0) is 13.0 Å². The molecule has 0 amide bonds. The second kappa shape index (κ2) is 3.60. The molecular weight excluding hydrogens is 186 g/mol. The molecule has 3 nitrogen and oxygen atoms in total. The fourth-order valence-corrected chi connectivity index (χ4v) is 1.89. The Morgan fingerprint density at radius 1 is 1.38 bits per heavy atom. The third kappa shape index (κ3) is 1.81. The molecule has 0 aliphatic carbocycles. The quantitative estimate of drug-likeness (QED) is 0.641. The highest BCUT2D eigenvalue weighted by atomic mass is 35.5. The summed E-state index contributed by atoms with van der Waals surface area (Å²) in [7, 11) is 0. The summed E-state index contributed by atoms with van der Waals surface area (Å²) in [5, 5.41) is 3.91. The number of hydrogen-bond acceptors (Lipinski definition) is 3. The van der Waals surface area contributed by atoms with Crippen LogP contribution in [-0.4, -0.2) is 16.5 Å². The number of nitrogens with one attached hydrogen (secondary N) is 1. The zero-order chi connectivity index (χ0) is 9.26. The average molecular weight is 198 g/mol. The monoisotopic (exact) mass is 197 g/mol. The molecule has 2 heterocycles. The summed E-state index contributed by atoms with van der Waals surface area (Å²) in [4.78, 5) is 8.54. The van der Waals surface area contributed by atoms with Crippen molar-refractivity contribution >= 4 is 11.6 Å². The Morgan fingerprint density at radius 3 is 3.08 bits per heavy atom. The summed E-state index contributed by atoms with van der Waals surface area (Å²) in [5.74, 6) is 0.769. The molecule has 0 bridgehead atoms. The lowest BCUT2D eigenvalue weighted by atomic mass is 10.1. The Hall–Kier alpha value is -0.670. The summed E-state index contributed by atoms with van der Waals surface area (Å²) >= 11 is 6.03. The number of rotatable bonds is 0. The first-order chi connectivity index (χ1) is 6.27. The molecule has 70 valence electrons. The number of hydrogen-bond donors (Lipinski definition) is 1. The van der Waals surface area contributed by atoms with E-state index in [4.69, 9.17) is 11.6 Å². The van der Waals surface area contributed by atoms with Gasteiger partial charge in [0, 0.05) is 12.1 Å². The third-order valence-electron chi connectivity index (χ3n) is 2.22. The van der Waals surface area contributed by atoms with Gasteiger partial charge in [-0.05, 0) is 26.3 Å². The van der Waals surface area contributed by atoms with E-state index in [0.29, 0.717) is 5.15 Å². The number of fused-ring (bicyclic) bond motifs is 1. The first-order valence-corrected chi connectivity index (χ1v) is 4.88. The number of aromatic nitrogens is 2. The highest BCUT2D eigenvalue weighted by molar-refractivity contribution is 6.30. The summed E-state index contributed by atoms with van der Waals surface area (Å²) in [5.41, 5.74) is 2.19. The number of nitrogens with zero attached hydrogens (tertiary/aromatic N) is 2. The van der Waals surface area contributed by atoms with Gasteiger partial charge in [0.2, 0.25) is 0 Å². The lowest BCUT2D eigenvalue weighted by Gasteiger charge is -2.06. The molecule has 0 aromatic carbocycles. The molecule has 1 N–H and O–H groups in total. The molecule has 1 aromatic rings. The van der Waals surface area contributed by atoms with E-state index in [-0.39, 0.29) is 0 Å². The van der Waals surface area contributed by atoms with Gasteiger partial charge in [0.25, 0.3) is 0 Å². The third-order valence-corrected chi connectivity index (χ3v) is 2.54. The van der Waals surface area contributed by atoms with Crippen molar-refractivity contribution in [1.29, 1.82) is 0 Å². The van der Waals surface area contributed by atoms with Crippen LogP contribution in [0.25, 0.3) is 0 Å². The van der Waals surface area contributed by atoms with Crippen LogP contribution >= 0.6 is 11.6 Å². The highest BCUT2D eigenvalue weighted by Gasteiger charge is 2.13. The van der Waals surface area contributed by atoms with Crippen molar-refractivity contribution in [2.45, 2.75) is 26.3 Å². The van der Waals surface area contributed by atoms with Gasteiger partial charge < -0.3 is 5.32 Å². The second-order valence-corrected chi connectivity index (χ2v) is 3.63. The Labute approximate surface area is 82.5 Å². The molecule has 0 radical (unpaired) electrons. The molecule has 1 aliphatic rings. The zero-order valence-corrected chi connectivity index (χ0v) is 8.36. The molecule has 1 aliphatic heterocycles. The molecule has 1 aromatic heterocycles. The topological polar surface area (TPSA) is 37.8 Å². The van der Waals surface area contributed by atoms with Crippen molar-refractivity contribution in [1.82, 2.24) is 15.3 Å². The van der Waals surface area contributed by atoms with Crippen molar-refractivity contribution < 1.29 is 0 Å². The van der Waals surface area contributed by atoms with Gasteiger partial charge in [-0.2, -0.15) is 0 Å². The first-order valence-electron chi connectivity index (χ1n) is 4.50. The van der Waals surface area contributed by atoms with Crippen LogP contribution in [0.5, 0.6) is 0 Å². The van der Waals surface area contributed by atoms with Crippen LogP contribution in [0.2, 0.25) is 5.15 Å². The number of halogens is 1. The van der Waals surface area contributed by atoms with E-state index in [0.717, 1.165) is 43.0 Å². The summed E-state index contributed by atoms with van der Waals surface area (Å²) < 4.78 is 0. The van der Waals surface area contributed by atoms with Gasteiger partial charge in [0.15, 0.2) is 0 Å². The van der Waals surface area contributed by atoms with E-state index >= 15 is 0 Å². The van der Waals surface area contributed by atoms with Gasteiger partial charge in [-0.15, -0.1) is 0 Å². The minimum atomic E-state index is 0.608. The minimum Gasteiger partial charge on any atom is -0.312 e. The fraction of sp³-hybridized carbons (Fsp3) is 0.556. The Balaban J connectivity index is 2.47. The van der Waals surface area contributed by atoms with Crippen LogP contribution in [0.4, 0.5) is 0 Å². The Kier molecular flexibility index (Phi) is 2.47. The van der Waals surface area contributed by atoms with E-state index < -0.39 is 0 Å². The van der Waals surface area contributed by atoms with E-state index in [2.05, 4.69) is 15.3 Å². The standard InChI is InChI=1S/C9H12ClN3/c1-6-12-8-3-2-4-11-5-7(8)9(10)13-6/h11H,2-5H2,1H3. The fourth-order valence-electron chi connectivity index (χ4n) is 1.59. The lowest BCUT2D eigenvalue weighted by Crippen LogP contribution is -2.13. The molecule has 0 atom stereocenters. The molecule has 0 saturated heterocycles. The van der Waals surface area contributed by atoms with Crippen molar-refractivity contribution in [3.05, 3.63) is 22.2 Å². The summed E-state index contributed by atoms with van der Waals surface area (Å²) in [6.45, 7) is 3.71. The van der Waals surface area contributed by atoms with Crippen molar-refractivity contribution in [3.8, 4) is 0 Å². The summed E-state index contributed by atoms with van der Waals surface area (Å²) in [6, 6.07) is 0. The van der Waals surface area contributed by atoms with Gasteiger partial charge in [0.1, 0.15) is 11.0 Å². The maximum atomic E-state index is 6.03. The smallest absolute Gasteiger partial charge is 0.137 e. The zero-order valence-electron chi connectivity index (χ0n) is 7.60. The molecular formula is C9H12ClN3. The molecule has 0 unspecified atom stereocenters. The van der Waals surface area contributed by atoms with Crippen LogP contribution in [0.3, 0.4) is 0 Å². The molecule has 0 saturated carbocycles. The van der Waals surface area contributed by atoms with Crippen molar-refractivity contribution in [3.63, 3.8) is 0 Å². The SMILES string of the molecule is Cc1nc(Cl)c2c(n1)CCCNC2. The normalized spacial score (nSPS) is 16.5. The Bertz CT molecular complexity index is 325. The molecule has 4 heteroatoms. The second-order valence-electron chi connectivity index (χ2n) is 3.27. The maximum Gasteiger partial charge on any atom is 0.137 e. The van der Waals surface area contributed by atoms with E-state index in [1.807, 2.05) is 6.92 Å². The highest BCUT2D eigenvalue weighted by Crippen LogP contribution is 2.19. The van der Waals surface area contributed by atoms with Gasteiger partial charge in [-0.3, -0.25) is 0 Å². The van der Waals surface area contributed by atoms with E-state index in [1.165, 1.54) is 0 Å². The first kappa shape index (κ1) is 8.91. The predicted octanol–water partition coefficient (Wildman–Crippen LogP) is 1.47. The Morgan fingerprint density at radius 2 is 2.23 bits per heavy atom. The van der Waals surface area contributed by atoms with Crippen molar-refractivity contribution in [2.24, 2.45) is 0 Å². The molecule has 0 fully saturated rings. The molecule has 0 spiro atoms. The van der Waals surface area contributed by atoms with E-state index in [1.54, 1.807) is 0 Å². The van der Waals surface area contributed by atoms with Crippen LogP contribution in [0, 0.1) is 6.92 Å². The molecule has 2 rings (SSSR count). The van der Waals surface area contributed by atoms with Gasteiger partial charge in [-0.25, -0.2) is 9.97 Å². The van der Waals surface area contributed by atoms with Crippen molar-refractivity contribution in [2.75, 3.05) is 6.54 Å².